The van der Waals surface area contributed by atoms with Gasteiger partial charge >= 0.3 is 0 Å². The maximum atomic E-state index is 2.44. The van der Waals surface area contributed by atoms with Gasteiger partial charge in [0, 0.05) is 44.6 Å². The second-order valence-corrected chi connectivity index (χ2v) is 17.3. The Balaban J connectivity index is 0.972. The van der Waals surface area contributed by atoms with Crippen molar-refractivity contribution < 1.29 is 0 Å². The van der Waals surface area contributed by atoms with Gasteiger partial charge in [0.05, 0.1) is 16.4 Å². The third kappa shape index (κ3) is 5.70. The van der Waals surface area contributed by atoms with Gasteiger partial charge in [-0.3, -0.25) is 9.13 Å². The van der Waals surface area contributed by atoms with Crippen molar-refractivity contribution in [1.29, 1.82) is 0 Å². The summed E-state index contributed by atoms with van der Waals surface area (Å²) >= 11 is 0. The molecule has 66 heavy (non-hydrogen) atoms. The highest BCUT2D eigenvalue weighted by Crippen LogP contribution is 2.57. The van der Waals surface area contributed by atoms with Gasteiger partial charge in [-0.25, -0.2) is 0 Å². The number of para-hydroxylation sites is 4. The maximum absolute atomic E-state index is 2.44. The SMILES string of the molecule is c1ccc(N(c2ccc(-c3ccc4c(c3)c3c5ccccc5n(-c5ccccc5)c3n4-c3ccccc3)cc2)c2ccc3c(c2)C(c2ccccc2)(c2ccccc2)c2ccccc2-3)cc1. The fourth-order valence-corrected chi connectivity index (χ4v) is 11.0. The molecule has 12 aromatic rings. The number of hydrogen-bond acceptors (Lipinski definition) is 1. The quantitative estimate of drug-likeness (QED) is 0.149. The van der Waals surface area contributed by atoms with Crippen LogP contribution in [0, 0.1) is 0 Å². The van der Waals surface area contributed by atoms with Gasteiger partial charge in [-0.1, -0.05) is 182 Å². The van der Waals surface area contributed by atoms with Crippen LogP contribution >= 0.6 is 0 Å². The molecule has 3 heteroatoms. The van der Waals surface area contributed by atoms with Crippen molar-refractivity contribution in [3.63, 3.8) is 0 Å². The first kappa shape index (κ1) is 37.9. The summed E-state index contributed by atoms with van der Waals surface area (Å²) in [4.78, 5) is 2.40. The number of nitrogens with zero attached hydrogens (tertiary/aromatic N) is 3. The van der Waals surface area contributed by atoms with E-state index in [1.54, 1.807) is 0 Å². The van der Waals surface area contributed by atoms with E-state index in [1.165, 1.54) is 66.1 Å². The second kappa shape index (κ2) is 15.3. The summed E-state index contributed by atoms with van der Waals surface area (Å²) in [6.45, 7) is 0. The van der Waals surface area contributed by atoms with Gasteiger partial charge in [-0.2, -0.15) is 0 Å². The van der Waals surface area contributed by atoms with Crippen LogP contribution in [-0.2, 0) is 5.41 Å². The third-order valence-electron chi connectivity index (χ3n) is 13.8. The molecule has 13 rings (SSSR count). The Morgan fingerprint density at radius 3 is 1.45 bits per heavy atom. The van der Waals surface area contributed by atoms with E-state index in [9.17, 15) is 0 Å². The van der Waals surface area contributed by atoms with Crippen LogP contribution in [0.15, 0.2) is 261 Å². The van der Waals surface area contributed by atoms with E-state index in [2.05, 4.69) is 275 Å². The van der Waals surface area contributed by atoms with E-state index >= 15 is 0 Å². The van der Waals surface area contributed by atoms with E-state index in [4.69, 9.17) is 0 Å². The lowest BCUT2D eigenvalue weighted by atomic mass is 9.67. The average Bonchev–Trinajstić information content (AvgIpc) is 4.02. The molecule has 0 radical (unpaired) electrons. The molecule has 10 aromatic carbocycles. The lowest BCUT2D eigenvalue weighted by molar-refractivity contribution is 0.768. The van der Waals surface area contributed by atoms with Crippen molar-refractivity contribution >= 4 is 49.9 Å². The molecule has 1 aliphatic rings. The Hall–Kier alpha value is -8.66. The van der Waals surface area contributed by atoms with Crippen LogP contribution in [0.2, 0.25) is 0 Å². The van der Waals surface area contributed by atoms with E-state index in [1.807, 2.05) is 0 Å². The molecule has 0 aliphatic heterocycles. The van der Waals surface area contributed by atoms with Crippen molar-refractivity contribution in [2.45, 2.75) is 5.41 Å². The van der Waals surface area contributed by atoms with E-state index < -0.39 is 5.41 Å². The largest absolute Gasteiger partial charge is 0.310 e. The molecule has 3 nitrogen and oxygen atoms in total. The van der Waals surface area contributed by atoms with Crippen LogP contribution in [0.1, 0.15) is 22.3 Å². The Kier molecular flexibility index (Phi) is 8.75. The van der Waals surface area contributed by atoms with Crippen molar-refractivity contribution in [1.82, 2.24) is 9.13 Å². The number of benzene rings is 10. The molecule has 310 valence electrons. The van der Waals surface area contributed by atoms with Gasteiger partial charge in [0.2, 0.25) is 0 Å². The van der Waals surface area contributed by atoms with Crippen LogP contribution in [0.4, 0.5) is 17.1 Å². The molecule has 0 unspecified atom stereocenters. The fraction of sp³-hybridized carbons (Fsp3) is 0.0159. The standard InChI is InChI=1S/C63H43N3/c1-6-20-46(21-7-1)63(47-22-8-2-9-23-47)57-32-18-16-30-53(57)54-40-39-52(43-58(54)63)64(48-24-10-3-11-25-48)51-37-34-44(35-38-51)45-36-41-60-56(42-45)61-55-31-17-19-33-59(55)65(49-26-12-4-13-27-49)62(61)66(60)50-28-14-5-15-29-50/h1-43H. The normalized spacial score (nSPS) is 12.7. The molecule has 0 saturated carbocycles. The first-order chi connectivity index (χ1) is 32.8. The van der Waals surface area contributed by atoms with Gasteiger partial charge in [0.15, 0.2) is 0 Å². The summed E-state index contributed by atoms with van der Waals surface area (Å²) in [5, 5.41) is 3.72. The molecule has 0 N–H and O–H groups in total. The van der Waals surface area contributed by atoms with Gasteiger partial charge in [-0.05, 0) is 123 Å². The van der Waals surface area contributed by atoms with Crippen molar-refractivity contribution in [3.8, 4) is 33.6 Å². The zero-order valence-electron chi connectivity index (χ0n) is 36.2. The van der Waals surface area contributed by atoms with E-state index in [0.717, 1.165) is 39.6 Å². The van der Waals surface area contributed by atoms with Gasteiger partial charge < -0.3 is 4.90 Å². The van der Waals surface area contributed by atoms with Crippen LogP contribution < -0.4 is 4.90 Å². The molecular formula is C63H43N3. The number of aromatic nitrogens is 2. The molecule has 0 spiro atoms. The molecule has 1 aliphatic carbocycles. The van der Waals surface area contributed by atoms with Crippen molar-refractivity contribution in [2.24, 2.45) is 0 Å². The Labute approximate surface area is 384 Å². The lowest BCUT2D eigenvalue weighted by Crippen LogP contribution is -2.28. The summed E-state index contributed by atoms with van der Waals surface area (Å²) in [5.74, 6) is 0. The zero-order chi connectivity index (χ0) is 43.6. The van der Waals surface area contributed by atoms with E-state index in [-0.39, 0.29) is 0 Å². The minimum absolute atomic E-state index is 0.492. The molecule has 0 amide bonds. The Morgan fingerprint density at radius 1 is 0.318 bits per heavy atom. The van der Waals surface area contributed by atoms with Crippen molar-refractivity contribution in [3.05, 3.63) is 283 Å². The van der Waals surface area contributed by atoms with Gasteiger partial charge in [-0.15, -0.1) is 0 Å². The molecular weight excluding hydrogens is 799 g/mol. The van der Waals surface area contributed by atoms with Crippen LogP contribution in [-0.4, -0.2) is 9.13 Å². The first-order valence-corrected chi connectivity index (χ1v) is 22.8. The molecule has 2 aromatic heterocycles. The van der Waals surface area contributed by atoms with Crippen LogP contribution in [0.3, 0.4) is 0 Å². The second-order valence-electron chi connectivity index (χ2n) is 17.3. The highest BCUT2D eigenvalue weighted by atomic mass is 15.1. The number of rotatable bonds is 8. The topological polar surface area (TPSA) is 13.1 Å². The molecule has 2 heterocycles. The van der Waals surface area contributed by atoms with Crippen LogP contribution in [0.5, 0.6) is 0 Å². The number of hydrogen-bond donors (Lipinski definition) is 0. The molecule has 0 saturated heterocycles. The highest BCUT2D eigenvalue weighted by Gasteiger charge is 2.46. The molecule has 0 fully saturated rings. The summed E-state index contributed by atoms with van der Waals surface area (Å²) in [5.41, 5.74) is 18.6. The van der Waals surface area contributed by atoms with Gasteiger partial charge in [0.25, 0.3) is 0 Å². The number of fused-ring (bicyclic) bond motifs is 8. The number of anilines is 3. The highest BCUT2D eigenvalue weighted by molar-refractivity contribution is 6.23. The summed E-state index contributed by atoms with van der Waals surface area (Å²) < 4.78 is 4.85. The monoisotopic (exact) mass is 841 g/mol. The predicted octanol–water partition coefficient (Wildman–Crippen LogP) is 16.2. The minimum Gasteiger partial charge on any atom is -0.310 e. The Morgan fingerprint density at radius 2 is 0.803 bits per heavy atom. The Bertz CT molecular complexity index is 3680. The van der Waals surface area contributed by atoms with Gasteiger partial charge in [0.1, 0.15) is 5.65 Å². The summed E-state index contributed by atoms with van der Waals surface area (Å²) in [7, 11) is 0. The molecule has 0 atom stereocenters. The third-order valence-corrected chi connectivity index (χ3v) is 13.8. The van der Waals surface area contributed by atoms with Crippen LogP contribution in [0.25, 0.3) is 66.5 Å². The first-order valence-electron chi connectivity index (χ1n) is 22.8. The lowest BCUT2D eigenvalue weighted by Gasteiger charge is -2.35. The summed E-state index contributed by atoms with van der Waals surface area (Å²) in [6.07, 6.45) is 0. The zero-order valence-corrected chi connectivity index (χ0v) is 36.2. The smallest absolute Gasteiger partial charge is 0.131 e. The predicted molar refractivity (Wildman–Crippen MR) is 275 cm³/mol. The summed E-state index contributed by atoms with van der Waals surface area (Å²) in [6, 6.07) is 95.3. The molecule has 0 bridgehead atoms. The maximum Gasteiger partial charge on any atom is 0.131 e. The van der Waals surface area contributed by atoms with E-state index in [0.29, 0.717) is 0 Å². The average molecular weight is 842 g/mol. The van der Waals surface area contributed by atoms with Crippen molar-refractivity contribution in [2.75, 3.05) is 4.90 Å². The fourth-order valence-electron chi connectivity index (χ4n) is 11.0. The minimum atomic E-state index is -0.492.